The van der Waals surface area contributed by atoms with Gasteiger partial charge in [-0.2, -0.15) is 11.8 Å². The molecule has 192 valence electrons. The first-order valence-corrected chi connectivity index (χ1v) is 14.6. The molecule has 1 aliphatic rings. The Morgan fingerprint density at radius 3 is 2.09 bits per heavy atom. The predicted molar refractivity (Wildman–Crippen MR) is 154 cm³/mol. The number of para-hydroxylation sites is 2. The van der Waals surface area contributed by atoms with E-state index >= 15 is 0 Å². The Morgan fingerprint density at radius 2 is 1.46 bits per heavy atom. The topological polar surface area (TPSA) is 35.6 Å². The first-order valence-electron chi connectivity index (χ1n) is 13.5. The zero-order valence-corrected chi connectivity index (χ0v) is 23.1. The molecule has 2 aromatic rings. The molecule has 5 heteroatoms. The number of piperazine rings is 1. The van der Waals surface area contributed by atoms with Gasteiger partial charge >= 0.3 is 0 Å². The third-order valence-corrected chi connectivity index (χ3v) is 7.92. The maximum atomic E-state index is 12.6. The van der Waals surface area contributed by atoms with Crippen molar-refractivity contribution < 1.29 is 4.79 Å². The van der Waals surface area contributed by atoms with Gasteiger partial charge in [-0.25, -0.2) is 0 Å². The largest absolute Gasteiger partial charge is 0.369 e. The van der Waals surface area contributed by atoms with Crippen LogP contribution >= 0.6 is 11.8 Å². The van der Waals surface area contributed by atoms with Crippen molar-refractivity contribution in [2.45, 2.75) is 65.2 Å². The second-order valence-corrected chi connectivity index (χ2v) is 11.4. The minimum absolute atomic E-state index is 0.125. The van der Waals surface area contributed by atoms with Crippen molar-refractivity contribution in [2.24, 2.45) is 0 Å². The molecule has 1 N–H and O–H groups in total. The summed E-state index contributed by atoms with van der Waals surface area (Å²) >= 11 is 1.77. The summed E-state index contributed by atoms with van der Waals surface area (Å²) in [5.41, 5.74) is 4.85. The number of carbonyl (C=O) groups excluding carboxylic acids is 1. The molecule has 4 nitrogen and oxygen atoms in total. The lowest BCUT2D eigenvalue weighted by Gasteiger charge is -2.36. The summed E-state index contributed by atoms with van der Waals surface area (Å²) in [4.78, 5) is 17.8. The molecule has 2 aromatic carbocycles. The molecule has 1 saturated heterocycles. The van der Waals surface area contributed by atoms with Gasteiger partial charge in [0.1, 0.15) is 0 Å². The third kappa shape index (κ3) is 8.88. The average Bonchev–Trinajstić information content (AvgIpc) is 2.86. The Bertz CT molecular complexity index is 865. The van der Waals surface area contributed by atoms with E-state index in [-0.39, 0.29) is 5.91 Å². The maximum absolute atomic E-state index is 12.6. The van der Waals surface area contributed by atoms with E-state index in [9.17, 15) is 4.79 Å². The van der Waals surface area contributed by atoms with Crippen LogP contribution in [-0.2, 0) is 4.79 Å². The Balaban J connectivity index is 1.25. The summed E-state index contributed by atoms with van der Waals surface area (Å²) in [6.07, 6.45) is 5.01. The summed E-state index contributed by atoms with van der Waals surface area (Å²) in [6.45, 7) is 14.6. The van der Waals surface area contributed by atoms with Gasteiger partial charge in [0.05, 0.1) is 5.75 Å². The minimum Gasteiger partial charge on any atom is -0.369 e. The van der Waals surface area contributed by atoms with Crippen LogP contribution in [0.25, 0.3) is 0 Å². The third-order valence-electron chi connectivity index (χ3n) is 6.88. The molecule has 0 atom stereocenters. The van der Waals surface area contributed by atoms with Gasteiger partial charge in [0.15, 0.2) is 0 Å². The second kappa shape index (κ2) is 14.5. The summed E-state index contributed by atoms with van der Waals surface area (Å²) in [5.74, 6) is 2.51. The van der Waals surface area contributed by atoms with Gasteiger partial charge in [-0.05, 0) is 60.2 Å². The fourth-order valence-corrected chi connectivity index (χ4v) is 5.61. The summed E-state index contributed by atoms with van der Waals surface area (Å²) in [7, 11) is 0. The normalized spacial score (nSPS) is 14.6. The van der Waals surface area contributed by atoms with Crippen LogP contribution in [0.15, 0.2) is 48.5 Å². The van der Waals surface area contributed by atoms with Crippen molar-refractivity contribution in [1.82, 2.24) is 4.90 Å². The Hall–Kier alpha value is -1.98. The van der Waals surface area contributed by atoms with E-state index in [1.807, 2.05) is 0 Å². The molecule has 0 aliphatic carbocycles. The van der Waals surface area contributed by atoms with E-state index in [2.05, 4.69) is 91.3 Å². The predicted octanol–water partition coefficient (Wildman–Crippen LogP) is 6.99. The molecule has 0 spiro atoms. The lowest BCUT2D eigenvalue weighted by Crippen LogP contribution is -2.46. The number of benzene rings is 2. The van der Waals surface area contributed by atoms with Gasteiger partial charge in [-0.1, -0.05) is 76.9 Å². The van der Waals surface area contributed by atoms with E-state index in [1.54, 1.807) is 11.8 Å². The highest BCUT2D eigenvalue weighted by molar-refractivity contribution is 7.99. The smallest absolute Gasteiger partial charge is 0.234 e. The van der Waals surface area contributed by atoms with E-state index in [4.69, 9.17) is 0 Å². The van der Waals surface area contributed by atoms with Crippen molar-refractivity contribution in [3.63, 3.8) is 0 Å². The van der Waals surface area contributed by atoms with Crippen molar-refractivity contribution in [1.29, 1.82) is 0 Å². The number of anilines is 2. The van der Waals surface area contributed by atoms with Crippen LogP contribution in [0.3, 0.4) is 0 Å². The molecule has 0 bridgehead atoms. The molecular formula is C30H45N3OS. The zero-order valence-electron chi connectivity index (χ0n) is 22.3. The van der Waals surface area contributed by atoms with Crippen LogP contribution in [-0.4, -0.2) is 55.0 Å². The highest BCUT2D eigenvalue weighted by atomic mass is 32.2. The SMILES string of the molecule is CC(C)c1cccc(C(C)C)c1NC(=O)CSCCCCCCN1CCN(c2ccccc2)CC1. The number of unbranched alkanes of at least 4 members (excludes halogenated alkanes) is 3. The molecule has 1 heterocycles. The Kier molecular flexibility index (Phi) is 11.5. The summed E-state index contributed by atoms with van der Waals surface area (Å²) < 4.78 is 0. The van der Waals surface area contributed by atoms with E-state index in [0.29, 0.717) is 17.6 Å². The van der Waals surface area contributed by atoms with Crippen molar-refractivity contribution in [2.75, 3.05) is 54.4 Å². The molecule has 1 amide bonds. The van der Waals surface area contributed by atoms with Crippen molar-refractivity contribution in [3.05, 3.63) is 59.7 Å². The lowest BCUT2D eigenvalue weighted by atomic mass is 9.92. The van der Waals surface area contributed by atoms with Gasteiger partial charge in [-0.3, -0.25) is 9.69 Å². The molecule has 1 aliphatic heterocycles. The zero-order chi connectivity index (χ0) is 25.0. The summed E-state index contributed by atoms with van der Waals surface area (Å²) in [6, 6.07) is 17.2. The van der Waals surface area contributed by atoms with Gasteiger partial charge in [0.25, 0.3) is 0 Å². The van der Waals surface area contributed by atoms with E-state index in [1.165, 1.54) is 49.0 Å². The Labute approximate surface area is 217 Å². The molecule has 3 rings (SSSR count). The molecule has 35 heavy (non-hydrogen) atoms. The van der Waals surface area contributed by atoms with Crippen molar-refractivity contribution >= 4 is 29.0 Å². The highest BCUT2D eigenvalue weighted by Crippen LogP contribution is 2.32. The standard InChI is InChI=1S/C30H45N3OS/c1-24(2)27-15-12-16-28(25(3)4)30(27)31-29(34)23-35-22-11-6-5-10-17-32-18-20-33(21-19-32)26-13-8-7-9-14-26/h7-9,12-16,24-25H,5-6,10-11,17-23H2,1-4H3,(H,31,34). The molecular weight excluding hydrogens is 450 g/mol. The number of rotatable bonds is 13. The molecule has 0 radical (unpaired) electrons. The number of thioether (sulfide) groups is 1. The number of carbonyl (C=O) groups is 1. The van der Waals surface area contributed by atoms with E-state index in [0.717, 1.165) is 37.6 Å². The first kappa shape index (κ1) is 27.6. The fourth-order valence-electron chi connectivity index (χ4n) is 4.80. The van der Waals surface area contributed by atoms with Crippen LogP contribution in [0, 0.1) is 0 Å². The van der Waals surface area contributed by atoms with Crippen LogP contribution in [0.4, 0.5) is 11.4 Å². The van der Waals surface area contributed by atoms with Crippen LogP contribution in [0.1, 0.15) is 76.3 Å². The summed E-state index contributed by atoms with van der Waals surface area (Å²) in [5, 5.41) is 3.23. The number of hydrogen-bond donors (Lipinski definition) is 1. The van der Waals surface area contributed by atoms with Gasteiger partial charge in [0, 0.05) is 37.6 Å². The van der Waals surface area contributed by atoms with Crippen LogP contribution < -0.4 is 10.2 Å². The quantitative estimate of drug-likeness (QED) is 0.304. The monoisotopic (exact) mass is 495 g/mol. The molecule has 0 aromatic heterocycles. The van der Waals surface area contributed by atoms with Gasteiger partial charge in [0.2, 0.25) is 5.91 Å². The number of nitrogens with one attached hydrogen (secondary N) is 1. The lowest BCUT2D eigenvalue weighted by molar-refractivity contribution is -0.113. The van der Waals surface area contributed by atoms with Crippen LogP contribution in [0.5, 0.6) is 0 Å². The van der Waals surface area contributed by atoms with Gasteiger partial charge < -0.3 is 10.2 Å². The second-order valence-electron chi connectivity index (χ2n) is 10.3. The minimum atomic E-state index is 0.125. The van der Waals surface area contributed by atoms with Crippen LogP contribution in [0.2, 0.25) is 0 Å². The van der Waals surface area contributed by atoms with Crippen molar-refractivity contribution in [3.8, 4) is 0 Å². The molecule has 1 fully saturated rings. The number of nitrogens with zero attached hydrogens (tertiary/aromatic N) is 2. The number of hydrogen-bond acceptors (Lipinski definition) is 4. The van der Waals surface area contributed by atoms with E-state index < -0.39 is 0 Å². The first-order chi connectivity index (χ1) is 17.0. The van der Waals surface area contributed by atoms with Gasteiger partial charge in [-0.15, -0.1) is 0 Å². The highest BCUT2D eigenvalue weighted by Gasteiger charge is 2.17. The number of amides is 1. The molecule has 0 unspecified atom stereocenters. The fraction of sp³-hybridized carbons (Fsp3) is 0.567. The Morgan fingerprint density at radius 1 is 0.829 bits per heavy atom. The maximum Gasteiger partial charge on any atom is 0.234 e. The molecule has 0 saturated carbocycles. The average molecular weight is 496 g/mol.